The quantitative estimate of drug-likeness (QED) is 0.626. The summed E-state index contributed by atoms with van der Waals surface area (Å²) in [6, 6.07) is 11.1. The summed E-state index contributed by atoms with van der Waals surface area (Å²) in [4.78, 5) is 0. The van der Waals surface area contributed by atoms with Crippen LogP contribution in [0.15, 0.2) is 40.9 Å². The maximum Gasteiger partial charge on any atom is 0.127 e. The monoisotopic (exact) mass is 340 g/mol. The van der Waals surface area contributed by atoms with Gasteiger partial charge in [0.25, 0.3) is 0 Å². The molecule has 0 aliphatic heterocycles. The van der Waals surface area contributed by atoms with Crippen LogP contribution in [0.25, 0.3) is 0 Å². The minimum atomic E-state index is -0.363. The van der Waals surface area contributed by atoms with Crippen molar-refractivity contribution in [2.45, 2.75) is 25.6 Å². The van der Waals surface area contributed by atoms with Gasteiger partial charge in [0.1, 0.15) is 5.82 Å². The van der Waals surface area contributed by atoms with Crippen molar-refractivity contribution in [3.63, 3.8) is 0 Å². The highest BCUT2D eigenvalue weighted by molar-refractivity contribution is 9.10. The third kappa shape index (κ3) is 3.58. The number of hydrogen-bond acceptors (Lipinski definition) is 0. The number of aryl methyl sites for hydroxylation is 2. The Hall–Kier alpha value is -0.860. The average Bonchev–Trinajstić information content (AvgIpc) is 2.36. The largest absolute Gasteiger partial charge is 0.207 e. The SMILES string of the molecule is Cc1ccc(C)c(CC(Cl)c2cc(Br)ccc2F)c1. The zero-order chi connectivity index (χ0) is 14.0. The molecule has 3 heteroatoms. The molecule has 100 valence electrons. The van der Waals surface area contributed by atoms with E-state index in [0.29, 0.717) is 12.0 Å². The van der Waals surface area contributed by atoms with Crippen LogP contribution in [0.2, 0.25) is 0 Å². The van der Waals surface area contributed by atoms with E-state index in [4.69, 9.17) is 11.6 Å². The van der Waals surface area contributed by atoms with Crippen molar-refractivity contribution in [2.75, 3.05) is 0 Å². The lowest BCUT2D eigenvalue weighted by atomic mass is 9.98. The Labute approximate surface area is 126 Å². The van der Waals surface area contributed by atoms with E-state index in [1.54, 1.807) is 12.1 Å². The molecule has 2 aromatic carbocycles. The minimum absolute atomic E-state index is 0.256. The summed E-state index contributed by atoms with van der Waals surface area (Å²) in [5.41, 5.74) is 4.09. The van der Waals surface area contributed by atoms with Gasteiger partial charge in [-0.2, -0.15) is 0 Å². The van der Waals surface area contributed by atoms with E-state index in [9.17, 15) is 4.39 Å². The number of benzene rings is 2. The van der Waals surface area contributed by atoms with E-state index >= 15 is 0 Å². The highest BCUT2D eigenvalue weighted by Gasteiger charge is 2.15. The van der Waals surface area contributed by atoms with Crippen molar-refractivity contribution in [3.8, 4) is 0 Å². The molecule has 0 aliphatic carbocycles. The molecule has 0 saturated heterocycles. The fourth-order valence-corrected chi connectivity index (χ4v) is 2.79. The van der Waals surface area contributed by atoms with Crippen LogP contribution in [-0.2, 0) is 6.42 Å². The highest BCUT2D eigenvalue weighted by atomic mass is 79.9. The van der Waals surface area contributed by atoms with Gasteiger partial charge >= 0.3 is 0 Å². The van der Waals surface area contributed by atoms with Gasteiger partial charge in [-0.3, -0.25) is 0 Å². The Morgan fingerprint density at radius 1 is 1.16 bits per heavy atom. The predicted molar refractivity (Wildman–Crippen MR) is 82.3 cm³/mol. The molecule has 1 unspecified atom stereocenters. The lowest BCUT2D eigenvalue weighted by Crippen LogP contribution is -2.01. The molecule has 0 heterocycles. The number of hydrogen-bond donors (Lipinski definition) is 0. The molecule has 0 amide bonds. The summed E-state index contributed by atoms with van der Waals surface area (Å²) >= 11 is 9.73. The van der Waals surface area contributed by atoms with E-state index in [-0.39, 0.29) is 11.2 Å². The molecule has 1 atom stereocenters. The van der Waals surface area contributed by atoms with Crippen molar-refractivity contribution < 1.29 is 4.39 Å². The van der Waals surface area contributed by atoms with Gasteiger partial charge in [0.2, 0.25) is 0 Å². The molecule has 0 fully saturated rings. The molecule has 0 saturated carbocycles. The Bertz CT molecular complexity index is 595. The minimum Gasteiger partial charge on any atom is -0.207 e. The highest BCUT2D eigenvalue weighted by Crippen LogP contribution is 2.30. The fourth-order valence-electron chi connectivity index (χ4n) is 2.08. The summed E-state index contributed by atoms with van der Waals surface area (Å²) < 4.78 is 14.6. The molecule has 19 heavy (non-hydrogen) atoms. The van der Waals surface area contributed by atoms with Crippen LogP contribution in [0.5, 0.6) is 0 Å². The number of halogens is 3. The lowest BCUT2D eigenvalue weighted by Gasteiger charge is -2.14. The summed E-state index contributed by atoms with van der Waals surface area (Å²) in [6.45, 7) is 4.10. The third-order valence-corrected chi connectivity index (χ3v) is 4.08. The number of rotatable bonds is 3. The van der Waals surface area contributed by atoms with Gasteiger partial charge in [0.15, 0.2) is 0 Å². The molecule has 0 N–H and O–H groups in total. The van der Waals surface area contributed by atoms with Gasteiger partial charge in [-0.1, -0.05) is 39.7 Å². The van der Waals surface area contributed by atoms with Crippen LogP contribution < -0.4 is 0 Å². The molecule has 0 radical (unpaired) electrons. The van der Waals surface area contributed by atoms with Crippen LogP contribution in [0, 0.1) is 19.7 Å². The predicted octanol–water partition coefficient (Wildman–Crippen LogP) is 5.73. The second kappa shape index (κ2) is 6.06. The summed E-state index contributed by atoms with van der Waals surface area (Å²) in [5, 5.41) is -0.363. The first kappa shape index (κ1) is 14.5. The van der Waals surface area contributed by atoms with E-state index in [1.807, 2.05) is 6.92 Å². The van der Waals surface area contributed by atoms with Crippen molar-refractivity contribution in [1.29, 1.82) is 0 Å². The van der Waals surface area contributed by atoms with Gasteiger partial charge < -0.3 is 0 Å². The molecule has 0 spiro atoms. The van der Waals surface area contributed by atoms with Crippen LogP contribution in [0.1, 0.15) is 27.6 Å². The van der Waals surface area contributed by atoms with Gasteiger partial charge in [0.05, 0.1) is 5.38 Å². The Kier molecular flexibility index (Phi) is 4.64. The van der Waals surface area contributed by atoms with Crippen LogP contribution >= 0.6 is 27.5 Å². The molecule has 2 aromatic rings. The van der Waals surface area contributed by atoms with Gasteiger partial charge in [-0.25, -0.2) is 4.39 Å². The van der Waals surface area contributed by atoms with Gasteiger partial charge in [-0.15, -0.1) is 11.6 Å². The zero-order valence-electron chi connectivity index (χ0n) is 10.9. The molecule has 0 aliphatic rings. The normalized spacial score (nSPS) is 12.5. The Balaban J connectivity index is 2.27. The second-order valence-electron chi connectivity index (χ2n) is 4.77. The molecule has 0 nitrogen and oxygen atoms in total. The van der Waals surface area contributed by atoms with Crippen LogP contribution in [-0.4, -0.2) is 0 Å². The Morgan fingerprint density at radius 2 is 1.89 bits per heavy atom. The Morgan fingerprint density at radius 3 is 2.63 bits per heavy atom. The molecular weight excluding hydrogens is 327 g/mol. The fraction of sp³-hybridized carbons (Fsp3) is 0.250. The van der Waals surface area contributed by atoms with E-state index in [0.717, 1.165) is 4.47 Å². The first-order valence-corrected chi connectivity index (χ1v) is 7.35. The van der Waals surface area contributed by atoms with Crippen molar-refractivity contribution >= 4 is 27.5 Å². The third-order valence-electron chi connectivity index (χ3n) is 3.20. The maximum atomic E-state index is 13.8. The van der Waals surface area contributed by atoms with Gasteiger partial charge in [-0.05, 0) is 49.6 Å². The van der Waals surface area contributed by atoms with Crippen molar-refractivity contribution in [2.24, 2.45) is 0 Å². The van der Waals surface area contributed by atoms with Crippen LogP contribution in [0.3, 0.4) is 0 Å². The van der Waals surface area contributed by atoms with Crippen molar-refractivity contribution in [1.82, 2.24) is 0 Å². The molecule has 2 rings (SSSR count). The molecule has 0 aromatic heterocycles. The summed E-state index contributed by atoms with van der Waals surface area (Å²) in [6.07, 6.45) is 0.627. The van der Waals surface area contributed by atoms with Gasteiger partial charge in [0, 0.05) is 10.0 Å². The standard InChI is InChI=1S/C16H15BrClF/c1-10-3-4-11(2)12(7-10)8-15(18)14-9-13(17)5-6-16(14)19/h3-7,9,15H,8H2,1-2H3. The first-order chi connectivity index (χ1) is 8.97. The smallest absolute Gasteiger partial charge is 0.127 e. The van der Waals surface area contributed by atoms with E-state index < -0.39 is 0 Å². The van der Waals surface area contributed by atoms with Crippen LogP contribution in [0.4, 0.5) is 4.39 Å². The molecule has 0 bridgehead atoms. The summed E-state index contributed by atoms with van der Waals surface area (Å²) in [5.74, 6) is -0.256. The second-order valence-corrected chi connectivity index (χ2v) is 6.21. The topological polar surface area (TPSA) is 0 Å². The maximum absolute atomic E-state index is 13.8. The lowest BCUT2D eigenvalue weighted by molar-refractivity contribution is 0.605. The zero-order valence-corrected chi connectivity index (χ0v) is 13.2. The van der Waals surface area contributed by atoms with E-state index in [1.165, 1.54) is 22.8 Å². The first-order valence-electron chi connectivity index (χ1n) is 6.12. The number of alkyl halides is 1. The van der Waals surface area contributed by atoms with E-state index in [2.05, 4.69) is 41.1 Å². The molecular formula is C16H15BrClF. The summed E-state index contributed by atoms with van der Waals surface area (Å²) in [7, 11) is 0. The van der Waals surface area contributed by atoms with Crippen molar-refractivity contribution in [3.05, 3.63) is 68.9 Å². The average molecular weight is 342 g/mol.